The molecule has 0 aliphatic carbocycles. The summed E-state index contributed by atoms with van der Waals surface area (Å²) in [7, 11) is 0. The molecule has 10 heteroatoms. The van der Waals surface area contributed by atoms with Gasteiger partial charge in [-0.2, -0.15) is 23.0 Å². The Hall–Kier alpha value is -2.23. The molecule has 0 radical (unpaired) electrons. The first kappa shape index (κ1) is 22.8. The van der Waals surface area contributed by atoms with Crippen LogP contribution in [-0.4, -0.2) is 15.7 Å². The van der Waals surface area contributed by atoms with Gasteiger partial charge in [0.15, 0.2) is 17.3 Å². The highest BCUT2D eigenvalue weighted by molar-refractivity contribution is 7.80. The molecule has 148 valence electrons. The van der Waals surface area contributed by atoms with E-state index in [-0.39, 0.29) is 11.3 Å². The Balaban J connectivity index is 0.00000176. The summed E-state index contributed by atoms with van der Waals surface area (Å²) >= 11 is 3.69. The summed E-state index contributed by atoms with van der Waals surface area (Å²) in [6, 6.07) is 0.851. The lowest BCUT2D eigenvalue weighted by atomic mass is 10.1. The van der Waals surface area contributed by atoms with Crippen molar-refractivity contribution in [2.45, 2.75) is 38.8 Å². The maximum absolute atomic E-state index is 13.7. The smallest absolute Gasteiger partial charge is 0.267 e. The van der Waals surface area contributed by atoms with Crippen LogP contribution in [0.3, 0.4) is 0 Å². The molecule has 0 aliphatic heterocycles. The predicted molar refractivity (Wildman–Crippen MR) is 91.2 cm³/mol. The summed E-state index contributed by atoms with van der Waals surface area (Å²) in [6.45, 7) is 6.42. The number of alkyl halides is 3. The number of rotatable bonds is 2. The highest BCUT2D eigenvalue weighted by Gasteiger charge is 2.38. The summed E-state index contributed by atoms with van der Waals surface area (Å²) in [6.07, 6.45) is -4.04. The first-order valence-corrected chi connectivity index (χ1v) is 8.11. The average molecular weight is 410 g/mol. The fraction of sp³-hybridized carbons (Fsp3) is 0.294. The van der Waals surface area contributed by atoms with Crippen LogP contribution in [0, 0.1) is 24.4 Å². The van der Waals surface area contributed by atoms with Crippen LogP contribution in [0.4, 0.5) is 26.3 Å². The van der Waals surface area contributed by atoms with Crippen LogP contribution in [0.5, 0.6) is 0 Å². The first-order chi connectivity index (χ1) is 12.4. The minimum absolute atomic E-state index is 0.120. The third-order valence-corrected chi connectivity index (χ3v) is 3.87. The molecule has 0 saturated heterocycles. The van der Waals surface area contributed by atoms with Crippen molar-refractivity contribution in [3.8, 4) is 0 Å². The molecule has 0 bridgehead atoms. The summed E-state index contributed by atoms with van der Waals surface area (Å²) in [5.74, 6) is -4.88. The van der Waals surface area contributed by atoms with Gasteiger partial charge in [-0.05, 0) is 25.5 Å². The molecule has 0 atom stereocenters. The third-order valence-electron chi connectivity index (χ3n) is 3.34. The lowest BCUT2D eigenvalue weighted by Gasteiger charge is -2.05. The predicted octanol–water partition coefficient (Wildman–Crippen LogP) is 5.69. The quantitative estimate of drug-likeness (QED) is 0.299. The van der Waals surface area contributed by atoms with E-state index in [0.717, 1.165) is 6.08 Å². The number of hydrogen-bond donors (Lipinski definition) is 1. The maximum atomic E-state index is 13.7. The van der Waals surface area contributed by atoms with E-state index in [0.29, 0.717) is 16.8 Å². The molecule has 27 heavy (non-hydrogen) atoms. The van der Waals surface area contributed by atoms with Crippen LogP contribution < -0.4 is 0 Å². The molecule has 0 amide bonds. The molecular weight excluding hydrogens is 394 g/mol. The Labute approximate surface area is 157 Å². The van der Waals surface area contributed by atoms with Gasteiger partial charge in [0.05, 0.1) is 10.6 Å². The number of halogens is 6. The zero-order chi connectivity index (χ0) is 21.1. The van der Waals surface area contributed by atoms with Gasteiger partial charge in [0.25, 0.3) is 5.91 Å². The molecule has 1 heterocycles. The number of benzene rings is 1. The third kappa shape index (κ3) is 4.94. The van der Waals surface area contributed by atoms with Crippen LogP contribution >= 0.6 is 12.6 Å². The van der Waals surface area contributed by atoms with Crippen molar-refractivity contribution >= 4 is 24.1 Å². The van der Waals surface area contributed by atoms with Crippen molar-refractivity contribution in [3.63, 3.8) is 0 Å². The van der Waals surface area contributed by atoms with Crippen molar-refractivity contribution in [2.24, 2.45) is 0 Å². The van der Waals surface area contributed by atoms with Crippen molar-refractivity contribution < 1.29 is 31.1 Å². The number of allylic oxidation sites excluding steroid dienone is 2. The van der Waals surface area contributed by atoms with Crippen LogP contribution in [0.1, 0.15) is 42.5 Å². The van der Waals surface area contributed by atoms with Crippen LogP contribution in [0.15, 0.2) is 23.1 Å². The normalized spacial score (nSPS) is 11.9. The van der Waals surface area contributed by atoms with E-state index in [9.17, 15) is 31.1 Å². The molecule has 1 aromatic heterocycles. The van der Waals surface area contributed by atoms with Gasteiger partial charge in [-0.25, -0.2) is 13.2 Å². The van der Waals surface area contributed by atoms with E-state index in [1.807, 2.05) is 13.8 Å². The fourth-order valence-electron chi connectivity index (χ4n) is 2.05. The fourth-order valence-corrected chi connectivity index (χ4v) is 2.31. The number of aromatic nitrogens is 2. The zero-order valence-corrected chi connectivity index (χ0v) is 15.6. The van der Waals surface area contributed by atoms with Crippen molar-refractivity contribution in [3.05, 3.63) is 52.6 Å². The molecule has 2 aromatic rings. The highest BCUT2D eigenvalue weighted by Crippen LogP contribution is 2.34. The monoisotopic (exact) mass is 410 g/mol. The Kier molecular flexibility index (Phi) is 7.30. The number of nitrogens with zero attached hydrogens (tertiary/aromatic N) is 2. The molecule has 2 rings (SSSR count). The molecular formula is C17H16F6N2OS. The lowest BCUT2D eigenvalue weighted by molar-refractivity contribution is -0.143. The van der Waals surface area contributed by atoms with Crippen LogP contribution in [0.2, 0.25) is 0 Å². The van der Waals surface area contributed by atoms with Crippen molar-refractivity contribution in [1.29, 1.82) is 0 Å². The van der Waals surface area contributed by atoms with Crippen molar-refractivity contribution in [1.82, 2.24) is 9.78 Å². The minimum atomic E-state index is -4.81. The summed E-state index contributed by atoms with van der Waals surface area (Å²) in [5.41, 5.74) is -2.04. The van der Waals surface area contributed by atoms with Gasteiger partial charge in [0.2, 0.25) is 0 Å². The Bertz CT molecular complexity index is 887. The maximum Gasteiger partial charge on any atom is 0.436 e. The summed E-state index contributed by atoms with van der Waals surface area (Å²) in [5, 5.41) is 3.17. The number of carbonyl (C=O) groups is 1. The van der Waals surface area contributed by atoms with E-state index in [2.05, 4.69) is 17.7 Å². The molecule has 0 spiro atoms. The SMILES string of the molecule is C/C(=C\C(=O)n1nc(C(F)(F)F)c(S)c1C)c1cc(F)c(F)cc1F.CC. The summed E-state index contributed by atoms with van der Waals surface area (Å²) < 4.78 is 78.7. The van der Waals surface area contributed by atoms with Gasteiger partial charge in [0, 0.05) is 17.7 Å². The molecule has 0 fully saturated rings. The van der Waals surface area contributed by atoms with E-state index in [1.54, 1.807) is 0 Å². The van der Waals surface area contributed by atoms with Gasteiger partial charge >= 0.3 is 6.18 Å². The largest absolute Gasteiger partial charge is 0.436 e. The van der Waals surface area contributed by atoms with Gasteiger partial charge in [-0.15, -0.1) is 12.6 Å². The second-order valence-corrected chi connectivity index (χ2v) is 5.55. The average Bonchev–Trinajstić information content (AvgIpc) is 2.88. The van der Waals surface area contributed by atoms with E-state index in [4.69, 9.17) is 0 Å². The molecule has 0 unspecified atom stereocenters. The number of carbonyl (C=O) groups excluding carboxylic acids is 1. The molecule has 0 saturated carbocycles. The van der Waals surface area contributed by atoms with E-state index >= 15 is 0 Å². The topological polar surface area (TPSA) is 34.9 Å². The number of hydrogen-bond acceptors (Lipinski definition) is 3. The molecule has 3 nitrogen and oxygen atoms in total. The second kappa shape index (κ2) is 8.64. The van der Waals surface area contributed by atoms with Gasteiger partial charge in [0.1, 0.15) is 5.82 Å². The number of thiol groups is 1. The zero-order valence-electron chi connectivity index (χ0n) is 14.7. The molecule has 1 aromatic carbocycles. The lowest BCUT2D eigenvalue weighted by Crippen LogP contribution is -2.14. The van der Waals surface area contributed by atoms with Gasteiger partial charge < -0.3 is 0 Å². The van der Waals surface area contributed by atoms with Crippen LogP contribution in [0.25, 0.3) is 5.57 Å². The van der Waals surface area contributed by atoms with Gasteiger partial charge in [-0.3, -0.25) is 4.79 Å². The Morgan fingerprint density at radius 3 is 2.11 bits per heavy atom. The van der Waals surface area contributed by atoms with E-state index < -0.39 is 45.7 Å². The van der Waals surface area contributed by atoms with E-state index in [1.165, 1.54) is 13.8 Å². The minimum Gasteiger partial charge on any atom is -0.267 e. The van der Waals surface area contributed by atoms with Crippen LogP contribution in [-0.2, 0) is 6.18 Å². The Morgan fingerprint density at radius 1 is 1.11 bits per heavy atom. The first-order valence-electron chi connectivity index (χ1n) is 7.66. The molecule has 0 aliphatic rings. The van der Waals surface area contributed by atoms with Crippen molar-refractivity contribution in [2.75, 3.05) is 0 Å². The molecule has 0 N–H and O–H groups in total. The second-order valence-electron chi connectivity index (χ2n) is 5.10. The Morgan fingerprint density at radius 2 is 1.63 bits per heavy atom. The highest BCUT2D eigenvalue weighted by atomic mass is 32.1. The standard InChI is InChI=1S/C15H10F6N2OS.C2H6/c1-6(8-4-10(17)11(18)5-9(8)16)3-12(24)23-7(2)13(25)14(22-23)15(19,20)21;1-2/h3-5,25H,1-2H3;1-2H3/b6-3+;. The summed E-state index contributed by atoms with van der Waals surface area (Å²) in [4.78, 5) is 11.6. The van der Waals surface area contributed by atoms with Gasteiger partial charge in [-0.1, -0.05) is 13.8 Å².